The van der Waals surface area contributed by atoms with E-state index in [9.17, 15) is 9.18 Å². The molecule has 7 heteroatoms. The molecule has 1 amide bonds. The van der Waals surface area contributed by atoms with E-state index in [0.717, 1.165) is 17.5 Å². The van der Waals surface area contributed by atoms with E-state index in [0.29, 0.717) is 49.0 Å². The number of hydrogen-bond acceptors (Lipinski definition) is 5. The number of aryl methyl sites for hydroxylation is 1. The fraction of sp³-hybridized carbons (Fsp3) is 0.320. The molecule has 0 atom stereocenters. The molecule has 32 heavy (non-hydrogen) atoms. The van der Waals surface area contributed by atoms with Gasteiger partial charge >= 0.3 is 0 Å². The van der Waals surface area contributed by atoms with Crippen molar-refractivity contribution in [2.45, 2.75) is 26.8 Å². The van der Waals surface area contributed by atoms with E-state index in [1.165, 1.54) is 11.6 Å². The van der Waals surface area contributed by atoms with Crippen LogP contribution in [-0.2, 0) is 17.8 Å². The normalized spacial score (nSPS) is 14.2. The number of carbonyl (C=O) groups excluding carboxylic acids is 1. The molecule has 1 heterocycles. The lowest BCUT2D eigenvalue weighted by Crippen LogP contribution is -2.42. The Labute approximate surface area is 189 Å². The molecule has 0 bridgehead atoms. The Kier molecular flexibility index (Phi) is 7.76. The minimum Gasteiger partial charge on any atom is -0.384 e. The Morgan fingerprint density at radius 1 is 1.22 bits per heavy atom. The Hall–Kier alpha value is -3.48. The molecule has 0 saturated heterocycles. The van der Waals surface area contributed by atoms with Crippen molar-refractivity contribution in [1.29, 1.82) is 0 Å². The van der Waals surface area contributed by atoms with Crippen LogP contribution in [0.2, 0.25) is 0 Å². The fourth-order valence-corrected chi connectivity index (χ4v) is 3.79. The minimum atomic E-state index is -0.219. The molecular weight excluding hydrogens is 405 g/mol. The first kappa shape index (κ1) is 23.2. The van der Waals surface area contributed by atoms with Crippen LogP contribution in [-0.4, -0.2) is 37.5 Å². The molecule has 0 spiro atoms. The van der Waals surface area contributed by atoms with Crippen LogP contribution in [0.25, 0.3) is 0 Å². The van der Waals surface area contributed by atoms with E-state index in [2.05, 4.69) is 20.9 Å². The van der Waals surface area contributed by atoms with Crippen LogP contribution >= 0.6 is 0 Å². The highest BCUT2D eigenvalue weighted by molar-refractivity contribution is 5.93. The Morgan fingerprint density at radius 2 is 1.97 bits per heavy atom. The van der Waals surface area contributed by atoms with E-state index < -0.39 is 0 Å². The highest BCUT2D eigenvalue weighted by Crippen LogP contribution is 2.23. The molecule has 0 aliphatic carbocycles. The van der Waals surface area contributed by atoms with Crippen molar-refractivity contribution in [3.05, 3.63) is 93.8 Å². The smallest absolute Gasteiger partial charge is 0.267 e. The van der Waals surface area contributed by atoms with Crippen molar-refractivity contribution < 1.29 is 9.18 Å². The maximum absolute atomic E-state index is 14.2. The first-order valence-electron chi connectivity index (χ1n) is 10.9. The van der Waals surface area contributed by atoms with Crippen molar-refractivity contribution in [3.63, 3.8) is 0 Å². The molecule has 0 unspecified atom stereocenters. The lowest BCUT2D eigenvalue weighted by Gasteiger charge is -2.33. The zero-order valence-electron chi connectivity index (χ0n) is 19.0. The van der Waals surface area contributed by atoms with Crippen molar-refractivity contribution in [2.75, 3.05) is 26.7 Å². The van der Waals surface area contributed by atoms with Crippen molar-refractivity contribution in [3.8, 4) is 0 Å². The maximum Gasteiger partial charge on any atom is 0.267 e. The van der Waals surface area contributed by atoms with Gasteiger partial charge in [-0.3, -0.25) is 4.79 Å². The SMILES string of the molecule is CN/C(=C\C1=C(N)NCCN1Cc1c(C)ccc(F)c1C)C(=O)NCCc1ccccc1. The van der Waals surface area contributed by atoms with Gasteiger partial charge in [-0.1, -0.05) is 36.4 Å². The van der Waals surface area contributed by atoms with E-state index in [4.69, 9.17) is 5.73 Å². The summed E-state index contributed by atoms with van der Waals surface area (Å²) in [5.41, 5.74) is 11.1. The number of likely N-dealkylation sites (N-methyl/N-ethyl adjacent to an activating group) is 1. The van der Waals surface area contributed by atoms with Gasteiger partial charge < -0.3 is 26.6 Å². The topological polar surface area (TPSA) is 82.4 Å². The van der Waals surface area contributed by atoms with Crippen molar-refractivity contribution in [2.24, 2.45) is 5.73 Å². The lowest BCUT2D eigenvalue weighted by molar-refractivity contribution is -0.117. The number of nitrogens with one attached hydrogen (secondary N) is 3. The molecule has 170 valence electrons. The van der Waals surface area contributed by atoms with Crippen LogP contribution in [0.4, 0.5) is 4.39 Å². The molecule has 2 aromatic rings. The van der Waals surface area contributed by atoms with E-state index >= 15 is 0 Å². The molecule has 0 aromatic heterocycles. The van der Waals surface area contributed by atoms with Crippen LogP contribution in [0.3, 0.4) is 0 Å². The van der Waals surface area contributed by atoms with Gasteiger partial charge in [-0.2, -0.15) is 0 Å². The quantitative estimate of drug-likeness (QED) is 0.477. The summed E-state index contributed by atoms with van der Waals surface area (Å²) in [6, 6.07) is 13.3. The van der Waals surface area contributed by atoms with E-state index in [-0.39, 0.29) is 11.7 Å². The van der Waals surface area contributed by atoms with Crippen LogP contribution in [0, 0.1) is 19.7 Å². The average molecular weight is 438 g/mol. The second-order valence-corrected chi connectivity index (χ2v) is 7.91. The number of benzene rings is 2. The molecule has 0 saturated carbocycles. The summed E-state index contributed by atoms with van der Waals surface area (Å²) in [5, 5.41) is 9.09. The number of nitrogens with two attached hydrogens (primary N) is 1. The summed E-state index contributed by atoms with van der Waals surface area (Å²) in [6.45, 7) is 6.17. The Morgan fingerprint density at radius 3 is 2.69 bits per heavy atom. The standard InChI is InChI=1S/C25H32FN5O/c1-17-9-10-21(26)18(2)20(17)16-31-14-13-29-24(27)23(31)15-22(28-3)25(32)30-12-11-19-7-5-4-6-8-19/h4-10,15,28-29H,11-14,16,27H2,1-3H3,(H,30,32)/b22-15-. The summed E-state index contributed by atoms with van der Waals surface area (Å²) in [7, 11) is 1.71. The van der Waals surface area contributed by atoms with Crippen LogP contribution in [0.15, 0.2) is 65.8 Å². The van der Waals surface area contributed by atoms with Gasteiger partial charge in [0.25, 0.3) is 5.91 Å². The number of carbonyl (C=O) groups is 1. The minimum absolute atomic E-state index is 0.202. The van der Waals surface area contributed by atoms with Crippen molar-refractivity contribution >= 4 is 5.91 Å². The number of halogens is 1. The highest BCUT2D eigenvalue weighted by Gasteiger charge is 2.21. The Balaban J connectivity index is 1.76. The number of amides is 1. The van der Waals surface area contributed by atoms with Gasteiger partial charge in [0.05, 0.1) is 5.70 Å². The summed E-state index contributed by atoms with van der Waals surface area (Å²) >= 11 is 0. The first-order chi connectivity index (χ1) is 15.4. The van der Waals surface area contributed by atoms with Gasteiger partial charge in [0.1, 0.15) is 17.3 Å². The second kappa shape index (κ2) is 10.7. The van der Waals surface area contributed by atoms with Gasteiger partial charge in [-0.15, -0.1) is 0 Å². The number of allylic oxidation sites excluding steroid dienone is 1. The van der Waals surface area contributed by atoms with E-state index in [1.807, 2.05) is 37.3 Å². The van der Waals surface area contributed by atoms with Crippen LogP contribution in [0.1, 0.15) is 22.3 Å². The zero-order chi connectivity index (χ0) is 23.1. The molecule has 1 aliphatic rings. The third-order valence-corrected chi connectivity index (χ3v) is 5.77. The third-order valence-electron chi connectivity index (χ3n) is 5.77. The molecule has 0 radical (unpaired) electrons. The third kappa shape index (κ3) is 5.60. The predicted octanol–water partition coefficient (Wildman–Crippen LogP) is 2.44. The first-order valence-corrected chi connectivity index (χ1v) is 10.9. The number of nitrogens with zero attached hydrogens (tertiary/aromatic N) is 1. The van der Waals surface area contributed by atoms with Crippen LogP contribution in [0.5, 0.6) is 0 Å². The molecule has 3 rings (SSSR count). The molecule has 6 nitrogen and oxygen atoms in total. The monoisotopic (exact) mass is 437 g/mol. The predicted molar refractivity (Wildman–Crippen MR) is 126 cm³/mol. The highest BCUT2D eigenvalue weighted by atomic mass is 19.1. The lowest BCUT2D eigenvalue weighted by atomic mass is 10.0. The summed E-state index contributed by atoms with van der Waals surface area (Å²) < 4.78 is 14.2. The summed E-state index contributed by atoms with van der Waals surface area (Å²) in [5.74, 6) is 0.0728. The van der Waals surface area contributed by atoms with Gasteiger partial charge in [-0.25, -0.2) is 4.39 Å². The van der Waals surface area contributed by atoms with Crippen LogP contribution < -0.4 is 21.7 Å². The second-order valence-electron chi connectivity index (χ2n) is 7.91. The van der Waals surface area contributed by atoms with Gasteiger partial charge in [0, 0.05) is 33.2 Å². The molecule has 0 fully saturated rings. The molecule has 5 N–H and O–H groups in total. The maximum atomic E-state index is 14.2. The molecule has 2 aromatic carbocycles. The molecule has 1 aliphatic heterocycles. The average Bonchev–Trinajstić information content (AvgIpc) is 2.79. The number of rotatable bonds is 8. The van der Waals surface area contributed by atoms with Crippen molar-refractivity contribution in [1.82, 2.24) is 20.9 Å². The van der Waals surface area contributed by atoms with Gasteiger partial charge in [-0.05, 0) is 54.7 Å². The van der Waals surface area contributed by atoms with E-state index in [1.54, 1.807) is 26.1 Å². The fourth-order valence-electron chi connectivity index (χ4n) is 3.79. The van der Waals surface area contributed by atoms with Gasteiger partial charge in [0.2, 0.25) is 0 Å². The number of hydrogen-bond donors (Lipinski definition) is 4. The largest absolute Gasteiger partial charge is 0.384 e. The zero-order valence-corrected chi connectivity index (χ0v) is 19.0. The van der Waals surface area contributed by atoms with Gasteiger partial charge in [0.15, 0.2) is 0 Å². The Bertz CT molecular complexity index is 1020. The summed E-state index contributed by atoms with van der Waals surface area (Å²) in [6.07, 6.45) is 2.50. The molecular formula is C25H32FN5O. The summed E-state index contributed by atoms with van der Waals surface area (Å²) in [4.78, 5) is 14.8.